The second-order valence-electron chi connectivity index (χ2n) is 1.77. The SMILES string of the molecule is Sc1c2cccc1SS2. The molecule has 1 aromatic rings. The van der Waals surface area contributed by atoms with Crippen LogP contribution in [-0.2, 0) is 0 Å². The fraction of sp³-hybridized carbons (Fsp3) is 0. The molecule has 3 heteroatoms. The van der Waals surface area contributed by atoms with Crippen molar-refractivity contribution in [2.24, 2.45) is 0 Å². The minimum absolute atomic E-state index is 1.15. The van der Waals surface area contributed by atoms with Crippen molar-refractivity contribution < 1.29 is 0 Å². The third-order valence-electron chi connectivity index (χ3n) is 1.18. The van der Waals surface area contributed by atoms with Crippen molar-refractivity contribution in [3.05, 3.63) is 18.2 Å². The Labute approximate surface area is 67.2 Å². The molecule has 0 spiro atoms. The highest BCUT2D eigenvalue weighted by Crippen LogP contribution is 2.50. The summed E-state index contributed by atoms with van der Waals surface area (Å²) >= 11 is 4.33. The van der Waals surface area contributed by atoms with E-state index in [1.54, 1.807) is 21.6 Å². The second kappa shape index (κ2) is 2.15. The third kappa shape index (κ3) is 0.876. The molecule has 0 aromatic heterocycles. The van der Waals surface area contributed by atoms with Crippen LogP contribution < -0.4 is 0 Å². The van der Waals surface area contributed by atoms with Crippen molar-refractivity contribution in [1.82, 2.24) is 0 Å². The molecule has 2 rings (SSSR count). The van der Waals surface area contributed by atoms with Crippen LogP contribution in [0.5, 0.6) is 0 Å². The van der Waals surface area contributed by atoms with E-state index in [2.05, 4.69) is 30.8 Å². The van der Waals surface area contributed by atoms with Crippen LogP contribution >= 0.6 is 34.2 Å². The maximum Gasteiger partial charge on any atom is 0.0331 e. The van der Waals surface area contributed by atoms with Crippen LogP contribution in [-0.4, -0.2) is 0 Å². The molecule has 0 N–H and O–H groups in total. The molecule has 0 saturated heterocycles. The van der Waals surface area contributed by atoms with Gasteiger partial charge in [-0.2, -0.15) is 0 Å². The van der Waals surface area contributed by atoms with Gasteiger partial charge in [0.05, 0.1) is 0 Å². The molecular weight excluding hydrogens is 168 g/mol. The summed E-state index contributed by atoms with van der Waals surface area (Å²) in [4.78, 5) is 3.73. The normalized spacial score (nSPS) is 14.3. The smallest absolute Gasteiger partial charge is 0.0331 e. The predicted octanol–water partition coefficient (Wildman–Crippen LogP) is 3.09. The lowest BCUT2D eigenvalue weighted by Crippen LogP contribution is -1.66. The molecule has 0 fully saturated rings. The fourth-order valence-electron chi connectivity index (χ4n) is 0.726. The Kier molecular flexibility index (Phi) is 1.43. The average molecular weight is 172 g/mol. The Bertz CT molecular complexity index is 222. The van der Waals surface area contributed by atoms with Crippen LogP contribution in [0.2, 0.25) is 0 Å². The van der Waals surface area contributed by atoms with E-state index < -0.39 is 0 Å². The molecule has 0 aliphatic carbocycles. The van der Waals surface area contributed by atoms with Crippen LogP contribution in [0.3, 0.4) is 0 Å². The molecule has 0 atom stereocenters. The zero-order valence-corrected chi connectivity index (χ0v) is 7.02. The van der Waals surface area contributed by atoms with Crippen LogP contribution in [0.4, 0.5) is 0 Å². The van der Waals surface area contributed by atoms with Crippen molar-refractivity contribution in [3.8, 4) is 0 Å². The van der Waals surface area contributed by atoms with E-state index in [1.807, 2.05) is 0 Å². The summed E-state index contributed by atoms with van der Waals surface area (Å²) in [5, 5.41) is 0. The highest BCUT2D eigenvalue weighted by Gasteiger charge is 2.13. The molecular formula is C6H4S3. The largest absolute Gasteiger partial charge is 0.141 e. The predicted molar refractivity (Wildman–Crippen MR) is 45.4 cm³/mol. The summed E-state index contributed by atoms with van der Waals surface area (Å²) < 4.78 is 0. The molecule has 0 radical (unpaired) electrons. The topological polar surface area (TPSA) is 0 Å². The maximum absolute atomic E-state index is 4.33. The number of thiol groups is 1. The van der Waals surface area contributed by atoms with Crippen LogP contribution in [0.25, 0.3) is 0 Å². The van der Waals surface area contributed by atoms with E-state index >= 15 is 0 Å². The van der Waals surface area contributed by atoms with Gasteiger partial charge in [0.1, 0.15) is 0 Å². The van der Waals surface area contributed by atoms with E-state index in [9.17, 15) is 0 Å². The van der Waals surface area contributed by atoms with Gasteiger partial charge in [-0.3, -0.25) is 0 Å². The lowest BCUT2D eigenvalue weighted by Gasteiger charge is -1.89. The van der Waals surface area contributed by atoms with E-state index in [0.717, 1.165) is 4.90 Å². The Morgan fingerprint density at radius 3 is 2.11 bits per heavy atom. The lowest BCUT2D eigenvalue weighted by atomic mass is 10.4. The molecule has 0 saturated carbocycles. The summed E-state index contributed by atoms with van der Waals surface area (Å²) in [6.07, 6.45) is 0. The average Bonchev–Trinajstić information content (AvgIpc) is 2.19. The molecule has 1 aliphatic rings. The number of hydrogen-bond acceptors (Lipinski definition) is 3. The van der Waals surface area contributed by atoms with E-state index in [-0.39, 0.29) is 0 Å². The minimum Gasteiger partial charge on any atom is -0.141 e. The molecule has 1 aromatic carbocycles. The third-order valence-corrected chi connectivity index (χ3v) is 4.42. The fourth-order valence-corrected chi connectivity index (χ4v) is 3.78. The van der Waals surface area contributed by atoms with E-state index in [0.29, 0.717) is 0 Å². The highest BCUT2D eigenvalue weighted by atomic mass is 33.1. The van der Waals surface area contributed by atoms with E-state index in [4.69, 9.17) is 0 Å². The maximum atomic E-state index is 4.33. The molecule has 9 heavy (non-hydrogen) atoms. The van der Waals surface area contributed by atoms with Gasteiger partial charge in [-0.25, -0.2) is 0 Å². The zero-order valence-electron chi connectivity index (χ0n) is 4.50. The first-order valence-electron chi connectivity index (χ1n) is 2.54. The van der Waals surface area contributed by atoms with Crippen LogP contribution in [0, 0.1) is 0 Å². The van der Waals surface area contributed by atoms with Crippen molar-refractivity contribution in [2.75, 3.05) is 0 Å². The Hall–Kier alpha value is 0.270. The number of hydrogen-bond donors (Lipinski definition) is 1. The number of fused-ring (bicyclic) bond motifs is 2. The van der Waals surface area contributed by atoms with Gasteiger partial charge in [-0.15, -0.1) is 12.6 Å². The lowest BCUT2D eigenvalue weighted by molar-refractivity contribution is 1.15. The highest BCUT2D eigenvalue weighted by molar-refractivity contribution is 8.77. The summed E-state index contributed by atoms with van der Waals surface area (Å²) in [6.45, 7) is 0. The summed E-state index contributed by atoms with van der Waals surface area (Å²) in [6, 6.07) is 6.25. The van der Waals surface area contributed by atoms with Gasteiger partial charge < -0.3 is 0 Å². The van der Waals surface area contributed by atoms with Gasteiger partial charge >= 0.3 is 0 Å². The van der Waals surface area contributed by atoms with Gasteiger partial charge in [0, 0.05) is 14.7 Å². The minimum atomic E-state index is 1.15. The first-order valence-corrected chi connectivity index (χ1v) is 5.14. The summed E-state index contributed by atoms with van der Waals surface area (Å²) in [5.74, 6) is 0. The first kappa shape index (κ1) is 6.01. The molecule has 2 bridgehead atoms. The Balaban J connectivity index is 2.71. The van der Waals surface area contributed by atoms with Crippen molar-refractivity contribution >= 4 is 34.2 Å². The molecule has 0 amide bonds. The Morgan fingerprint density at radius 2 is 1.67 bits per heavy atom. The van der Waals surface area contributed by atoms with E-state index in [1.165, 1.54) is 9.79 Å². The standard InChI is InChI=1S/C6H4S3/c7-6-4-2-1-3-5(6)9-8-4/h1-3,7H. The van der Waals surface area contributed by atoms with Crippen molar-refractivity contribution in [3.63, 3.8) is 0 Å². The number of benzene rings is 1. The van der Waals surface area contributed by atoms with Gasteiger partial charge in [0.25, 0.3) is 0 Å². The van der Waals surface area contributed by atoms with Gasteiger partial charge in [0.2, 0.25) is 0 Å². The molecule has 1 heterocycles. The van der Waals surface area contributed by atoms with Crippen molar-refractivity contribution in [1.29, 1.82) is 0 Å². The molecule has 0 nitrogen and oxygen atoms in total. The molecule has 0 unspecified atom stereocenters. The van der Waals surface area contributed by atoms with Gasteiger partial charge in [-0.05, 0) is 12.1 Å². The molecule has 46 valence electrons. The van der Waals surface area contributed by atoms with Gasteiger partial charge in [-0.1, -0.05) is 27.7 Å². The zero-order chi connectivity index (χ0) is 6.27. The molecule has 1 aliphatic heterocycles. The number of rotatable bonds is 0. The monoisotopic (exact) mass is 172 g/mol. The quantitative estimate of drug-likeness (QED) is 0.472. The summed E-state index contributed by atoms with van der Waals surface area (Å²) in [7, 11) is 3.57. The summed E-state index contributed by atoms with van der Waals surface area (Å²) in [5.41, 5.74) is 0. The van der Waals surface area contributed by atoms with Crippen LogP contribution in [0.15, 0.2) is 32.9 Å². The Morgan fingerprint density at radius 1 is 1.11 bits per heavy atom. The van der Waals surface area contributed by atoms with Gasteiger partial charge in [0.15, 0.2) is 0 Å². The first-order chi connectivity index (χ1) is 4.38. The van der Waals surface area contributed by atoms with Crippen LogP contribution in [0.1, 0.15) is 0 Å². The second-order valence-corrected chi connectivity index (χ2v) is 4.43. The van der Waals surface area contributed by atoms with Crippen molar-refractivity contribution in [2.45, 2.75) is 14.7 Å².